The average Bonchev–Trinajstić information content (AvgIpc) is 2.78. The highest BCUT2D eigenvalue weighted by Gasteiger charge is 2.39. The molecule has 80 valence electrons. The minimum atomic E-state index is -3.16. The third-order valence-electron chi connectivity index (χ3n) is 2.62. The van der Waals surface area contributed by atoms with Crippen LogP contribution in [0.25, 0.3) is 0 Å². The first-order valence-electron chi connectivity index (χ1n) is 4.74. The molecule has 2 fully saturated rings. The summed E-state index contributed by atoms with van der Waals surface area (Å²) in [4.78, 5) is 12.9. The van der Waals surface area contributed by atoms with Crippen LogP contribution in [0.5, 0.6) is 0 Å². The Labute approximate surface area is 83.2 Å². The standard InChI is InChI=1S/C8H14N2O3S/c9-6-3-10(4-6)8(11)5-14(12,13)7-1-2-7/h6-7H,1-5,9H2. The van der Waals surface area contributed by atoms with E-state index >= 15 is 0 Å². The molecule has 0 bridgehead atoms. The second kappa shape index (κ2) is 3.20. The Hall–Kier alpha value is -0.620. The number of carbonyl (C=O) groups excluding carboxylic acids is 1. The molecule has 2 aliphatic rings. The number of hydrogen-bond donors (Lipinski definition) is 1. The molecule has 0 aromatic heterocycles. The molecule has 0 aromatic rings. The summed E-state index contributed by atoms with van der Waals surface area (Å²) in [5.74, 6) is -0.622. The van der Waals surface area contributed by atoms with Gasteiger partial charge in [-0.3, -0.25) is 4.79 Å². The fourth-order valence-electron chi connectivity index (χ4n) is 1.52. The van der Waals surface area contributed by atoms with Crippen molar-refractivity contribution in [3.05, 3.63) is 0 Å². The van der Waals surface area contributed by atoms with Gasteiger partial charge < -0.3 is 10.6 Å². The highest BCUT2D eigenvalue weighted by atomic mass is 32.2. The van der Waals surface area contributed by atoms with E-state index in [1.807, 2.05) is 0 Å². The second-order valence-corrected chi connectivity index (χ2v) is 6.35. The molecular formula is C8H14N2O3S. The van der Waals surface area contributed by atoms with Crippen LogP contribution in [0.1, 0.15) is 12.8 Å². The number of carbonyl (C=O) groups is 1. The Kier molecular flexibility index (Phi) is 2.27. The average molecular weight is 218 g/mol. The van der Waals surface area contributed by atoms with Gasteiger partial charge in [0, 0.05) is 19.1 Å². The minimum Gasteiger partial charge on any atom is -0.339 e. The lowest BCUT2D eigenvalue weighted by molar-refractivity contribution is -0.132. The zero-order chi connectivity index (χ0) is 10.3. The van der Waals surface area contributed by atoms with E-state index in [1.165, 1.54) is 4.90 Å². The van der Waals surface area contributed by atoms with E-state index in [4.69, 9.17) is 5.73 Å². The molecule has 6 heteroatoms. The number of rotatable bonds is 3. The summed E-state index contributed by atoms with van der Waals surface area (Å²) in [6.07, 6.45) is 1.43. The lowest BCUT2D eigenvalue weighted by Crippen LogP contribution is -2.59. The molecule has 1 aliphatic carbocycles. The summed E-state index contributed by atoms with van der Waals surface area (Å²) < 4.78 is 22.9. The highest BCUT2D eigenvalue weighted by Crippen LogP contribution is 2.29. The van der Waals surface area contributed by atoms with Crippen LogP contribution < -0.4 is 5.73 Å². The van der Waals surface area contributed by atoms with E-state index in [0.717, 1.165) is 12.8 Å². The van der Waals surface area contributed by atoms with E-state index in [1.54, 1.807) is 0 Å². The van der Waals surface area contributed by atoms with Gasteiger partial charge in [-0.2, -0.15) is 0 Å². The number of amides is 1. The quantitative estimate of drug-likeness (QED) is 0.640. The zero-order valence-corrected chi connectivity index (χ0v) is 8.66. The molecule has 1 saturated heterocycles. The minimum absolute atomic E-state index is 0.0302. The van der Waals surface area contributed by atoms with Crippen molar-refractivity contribution >= 4 is 15.7 Å². The number of nitrogens with two attached hydrogens (primary N) is 1. The van der Waals surface area contributed by atoms with Gasteiger partial charge in [-0.1, -0.05) is 0 Å². The van der Waals surface area contributed by atoms with Crippen molar-refractivity contribution in [2.24, 2.45) is 5.73 Å². The van der Waals surface area contributed by atoms with Crippen LogP contribution in [-0.4, -0.2) is 49.4 Å². The predicted molar refractivity (Wildman–Crippen MR) is 51.4 cm³/mol. The van der Waals surface area contributed by atoms with Gasteiger partial charge in [-0.25, -0.2) is 8.42 Å². The summed E-state index contributed by atoms with van der Waals surface area (Å²) in [7, 11) is -3.16. The lowest BCUT2D eigenvalue weighted by atomic mass is 10.1. The Bertz CT molecular complexity index is 342. The van der Waals surface area contributed by atoms with Crippen molar-refractivity contribution in [2.45, 2.75) is 24.1 Å². The van der Waals surface area contributed by atoms with E-state index in [2.05, 4.69) is 0 Å². The third-order valence-corrected chi connectivity index (χ3v) is 4.76. The van der Waals surface area contributed by atoms with Gasteiger partial charge in [0.1, 0.15) is 5.75 Å². The SMILES string of the molecule is NC1CN(C(=O)CS(=O)(=O)C2CC2)C1. The van der Waals surface area contributed by atoms with Crippen molar-refractivity contribution < 1.29 is 13.2 Å². The van der Waals surface area contributed by atoms with Crippen LogP contribution in [0.15, 0.2) is 0 Å². The van der Waals surface area contributed by atoms with Crippen LogP contribution in [0.3, 0.4) is 0 Å². The monoisotopic (exact) mass is 218 g/mol. The molecule has 1 saturated carbocycles. The van der Waals surface area contributed by atoms with Gasteiger partial charge in [0.15, 0.2) is 9.84 Å². The summed E-state index contributed by atoms with van der Waals surface area (Å²) >= 11 is 0. The van der Waals surface area contributed by atoms with Crippen molar-refractivity contribution in [1.82, 2.24) is 4.90 Å². The van der Waals surface area contributed by atoms with E-state index in [9.17, 15) is 13.2 Å². The van der Waals surface area contributed by atoms with Gasteiger partial charge in [0.25, 0.3) is 0 Å². The van der Waals surface area contributed by atoms with Gasteiger partial charge in [-0.05, 0) is 12.8 Å². The van der Waals surface area contributed by atoms with Crippen LogP contribution in [-0.2, 0) is 14.6 Å². The van der Waals surface area contributed by atoms with Crippen molar-refractivity contribution in [1.29, 1.82) is 0 Å². The Morgan fingerprint density at radius 1 is 1.36 bits per heavy atom. The fourth-order valence-corrected chi connectivity index (χ4v) is 3.14. The summed E-state index contributed by atoms with van der Waals surface area (Å²) in [6, 6.07) is 0.0302. The van der Waals surface area contributed by atoms with Crippen molar-refractivity contribution in [2.75, 3.05) is 18.8 Å². The molecule has 14 heavy (non-hydrogen) atoms. The molecule has 0 atom stereocenters. The highest BCUT2D eigenvalue weighted by molar-refractivity contribution is 7.93. The molecule has 2 N–H and O–H groups in total. The number of likely N-dealkylation sites (tertiary alicyclic amines) is 1. The van der Waals surface area contributed by atoms with Crippen LogP contribution in [0.2, 0.25) is 0 Å². The van der Waals surface area contributed by atoms with Crippen LogP contribution in [0.4, 0.5) is 0 Å². The van der Waals surface area contributed by atoms with Crippen molar-refractivity contribution in [3.63, 3.8) is 0 Å². The Morgan fingerprint density at radius 3 is 2.36 bits per heavy atom. The molecule has 2 rings (SSSR count). The smallest absolute Gasteiger partial charge is 0.237 e. The van der Waals surface area contributed by atoms with Gasteiger partial charge >= 0.3 is 0 Å². The topological polar surface area (TPSA) is 80.5 Å². The maximum Gasteiger partial charge on any atom is 0.237 e. The maximum absolute atomic E-state index is 11.5. The molecular weight excluding hydrogens is 204 g/mol. The van der Waals surface area contributed by atoms with E-state index in [0.29, 0.717) is 13.1 Å². The van der Waals surface area contributed by atoms with E-state index in [-0.39, 0.29) is 23.0 Å². The predicted octanol–water partition coefficient (Wildman–Crippen LogP) is -1.27. The summed E-state index contributed by atoms with van der Waals surface area (Å²) in [6.45, 7) is 0.998. The van der Waals surface area contributed by atoms with Gasteiger partial charge in [0.05, 0.1) is 5.25 Å². The van der Waals surface area contributed by atoms with E-state index < -0.39 is 9.84 Å². The largest absolute Gasteiger partial charge is 0.339 e. The van der Waals surface area contributed by atoms with Gasteiger partial charge in [-0.15, -0.1) is 0 Å². The second-order valence-electron chi connectivity index (χ2n) is 4.07. The number of hydrogen-bond acceptors (Lipinski definition) is 4. The van der Waals surface area contributed by atoms with Crippen molar-refractivity contribution in [3.8, 4) is 0 Å². The van der Waals surface area contributed by atoms with Gasteiger partial charge in [0.2, 0.25) is 5.91 Å². The first-order valence-corrected chi connectivity index (χ1v) is 6.45. The molecule has 0 unspecified atom stereocenters. The lowest BCUT2D eigenvalue weighted by Gasteiger charge is -2.36. The number of nitrogens with zero attached hydrogens (tertiary/aromatic N) is 1. The molecule has 0 spiro atoms. The molecule has 0 aromatic carbocycles. The molecule has 1 aliphatic heterocycles. The first kappa shape index (κ1) is 9.92. The Balaban J connectivity index is 1.88. The maximum atomic E-state index is 11.5. The third kappa shape index (κ3) is 1.90. The summed E-state index contributed by atoms with van der Waals surface area (Å²) in [5.41, 5.74) is 5.50. The molecule has 1 amide bonds. The number of sulfone groups is 1. The Morgan fingerprint density at radius 2 is 1.93 bits per heavy atom. The summed E-state index contributed by atoms with van der Waals surface area (Å²) in [5, 5.41) is -0.249. The van der Waals surface area contributed by atoms with Crippen LogP contribution >= 0.6 is 0 Å². The molecule has 5 nitrogen and oxygen atoms in total. The first-order chi connectivity index (χ1) is 6.49. The zero-order valence-electron chi connectivity index (χ0n) is 7.85. The molecule has 1 heterocycles. The normalized spacial score (nSPS) is 23.4. The molecule has 0 radical (unpaired) electrons. The fraction of sp³-hybridized carbons (Fsp3) is 0.875. The van der Waals surface area contributed by atoms with Crippen LogP contribution in [0, 0.1) is 0 Å².